The molecule has 1 heterocycles. The number of carboxylic acids is 1. The summed E-state index contributed by atoms with van der Waals surface area (Å²) < 4.78 is 4.99. The zero-order valence-corrected chi connectivity index (χ0v) is 10.8. The molecule has 1 aromatic carbocycles. The van der Waals surface area contributed by atoms with Crippen LogP contribution in [0.3, 0.4) is 0 Å². The molecule has 1 amide bonds. The first-order valence-corrected chi connectivity index (χ1v) is 6.27. The van der Waals surface area contributed by atoms with Crippen LogP contribution in [0, 0.1) is 6.92 Å². The van der Waals surface area contributed by atoms with Crippen molar-refractivity contribution in [1.29, 1.82) is 0 Å². The standard InChI is InChI=1S/C14H17NO4/c1-10-2-4-11(5-3-10)9-15-12(8-13(16)17)6-7-19-14(15)18/h2-5,12H,6-9H2,1H3,(H,16,17). The van der Waals surface area contributed by atoms with Gasteiger partial charge >= 0.3 is 12.1 Å². The van der Waals surface area contributed by atoms with E-state index in [9.17, 15) is 9.59 Å². The van der Waals surface area contributed by atoms with Crippen LogP contribution in [0.1, 0.15) is 24.0 Å². The van der Waals surface area contributed by atoms with Gasteiger partial charge in [-0.2, -0.15) is 0 Å². The molecule has 1 aliphatic rings. The number of amides is 1. The summed E-state index contributed by atoms with van der Waals surface area (Å²) >= 11 is 0. The molecule has 19 heavy (non-hydrogen) atoms. The fourth-order valence-corrected chi connectivity index (χ4v) is 2.17. The first kappa shape index (κ1) is 13.4. The van der Waals surface area contributed by atoms with Gasteiger partial charge in [0, 0.05) is 19.0 Å². The Morgan fingerprint density at radius 2 is 2.11 bits per heavy atom. The van der Waals surface area contributed by atoms with E-state index in [0.717, 1.165) is 11.1 Å². The molecule has 0 spiro atoms. The molecule has 1 saturated heterocycles. The van der Waals surface area contributed by atoms with Gasteiger partial charge in [-0.05, 0) is 12.5 Å². The van der Waals surface area contributed by atoms with E-state index in [1.807, 2.05) is 31.2 Å². The van der Waals surface area contributed by atoms with Gasteiger partial charge in [-0.15, -0.1) is 0 Å². The van der Waals surface area contributed by atoms with Crippen LogP contribution in [-0.4, -0.2) is 34.7 Å². The lowest BCUT2D eigenvalue weighted by molar-refractivity contribution is -0.138. The molecule has 102 valence electrons. The van der Waals surface area contributed by atoms with Crippen LogP contribution >= 0.6 is 0 Å². The Hall–Kier alpha value is -2.04. The van der Waals surface area contributed by atoms with Crippen molar-refractivity contribution in [2.45, 2.75) is 32.4 Å². The Kier molecular flexibility index (Phi) is 4.04. The Morgan fingerprint density at radius 3 is 2.74 bits per heavy atom. The van der Waals surface area contributed by atoms with Crippen molar-refractivity contribution in [3.05, 3.63) is 35.4 Å². The van der Waals surface area contributed by atoms with E-state index in [1.165, 1.54) is 4.90 Å². The maximum Gasteiger partial charge on any atom is 0.410 e. The van der Waals surface area contributed by atoms with Crippen LogP contribution in [-0.2, 0) is 16.1 Å². The maximum atomic E-state index is 11.8. The molecule has 0 bridgehead atoms. The summed E-state index contributed by atoms with van der Waals surface area (Å²) in [5, 5.41) is 8.89. The van der Waals surface area contributed by atoms with E-state index in [0.29, 0.717) is 19.6 Å². The summed E-state index contributed by atoms with van der Waals surface area (Å²) in [6, 6.07) is 7.53. The fraction of sp³-hybridized carbons (Fsp3) is 0.429. The highest BCUT2D eigenvalue weighted by Crippen LogP contribution is 2.20. The highest BCUT2D eigenvalue weighted by Gasteiger charge is 2.31. The van der Waals surface area contributed by atoms with Gasteiger partial charge in [0.15, 0.2) is 0 Å². The average molecular weight is 263 g/mol. The molecule has 5 nitrogen and oxygen atoms in total. The van der Waals surface area contributed by atoms with Crippen LogP contribution < -0.4 is 0 Å². The maximum absolute atomic E-state index is 11.8. The molecule has 0 aromatic heterocycles. The molecule has 0 radical (unpaired) electrons. The number of carbonyl (C=O) groups excluding carboxylic acids is 1. The summed E-state index contributed by atoms with van der Waals surface area (Å²) in [5.74, 6) is -0.895. The molecule has 1 aromatic rings. The normalized spacial score (nSPS) is 19.1. The van der Waals surface area contributed by atoms with Gasteiger partial charge in [0.1, 0.15) is 0 Å². The number of nitrogens with zero attached hydrogens (tertiary/aromatic N) is 1. The average Bonchev–Trinajstić information content (AvgIpc) is 2.35. The van der Waals surface area contributed by atoms with E-state index < -0.39 is 12.1 Å². The number of carboxylic acid groups (broad SMARTS) is 1. The van der Waals surface area contributed by atoms with Crippen LogP contribution in [0.15, 0.2) is 24.3 Å². The number of ether oxygens (including phenoxy) is 1. The molecule has 0 aliphatic carbocycles. The second-order valence-corrected chi connectivity index (χ2v) is 4.77. The van der Waals surface area contributed by atoms with Gasteiger partial charge in [0.25, 0.3) is 0 Å². The first-order valence-electron chi connectivity index (χ1n) is 6.27. The van der Waals surface area contributed by atoms with Crippen molar-refractivity contribution in [2.75, 3.05) is 6.61 Å². The summed E-state index contributed by atoms with van der Waals surface area (Å²) in [6.45, 7) is 2.67. The minimum Gasteiger partial charge on any atom is -0.481 e. The van der Waals surface area contributed by atoms with Gasteiger partial charge in [-0.25, -0.2) is 4.79 Å². The third-order valence-corrected chi connectivity index (χ3v) is 3.24. The topological polar surface area (TPSA) is 66.8 Å². The number of cyclic esters (lactones) is 1. The zero-order chi connectivity index (χ0) is 13.8. The zero-order valence-electron chi connectivity index (χ0n) is 10.8. The molecule has 1 atom stereocenters. The van der Waals surface area contributed by atoms with Gasteiger partial charge in [0.2, 0.25) is 0 Å². The second kappa shape index (κ2) is 5.73. The summed E-state index contributed by atoms with van der Waals surface area (Å²) in [4.78, 5) is 24.1. The third kappa shape index (κ3) is 3.47. The summed E-state index contributed by atoms with van der Waals surface area (Å²) in [6.07, 6.45) is 0.0864. The Labute approximate surface area is 111 Å². The quantitative estimate of drug-likeness (QED) is 0.904. The molecule has 0 saturated carbocycles. The number of rotatable bonds is 4. The smallest absolute Gasteiger partial charge is 0.410 e. The van der Waals surface area contributed by atoms with Crippen molar-refractivity contribution >= 4 is 12.1 Å². The Morgan fingerprint density at radius 1 is 1.42 bits per heavy atom. The fourth-order valence-electron chi connectivity index (χ4n) is 2.17. The summed E-state index contributed by atoms with van der Waals surface area (Å²) in [7, 11) is 0. The van der Waals surface area contributed by atoms with Crippen LogP contribution in [0.4, 0.5) is 4.79 Å². The minimum absolute atomic E-state index is 0.0407. The summed E-state index contributed by atoms with van der Waals surface area (Å²) in [5.41, 5.74) is 2.12. The molecule has 2 rings (SSSR count). The largest absolute Gasteiger partial charge is 0.481 e. The van der Waals surface area contributed by atoms with Gasteiger partial charge in [-0.3, -0.25) is 4.79 Å². The predicted molar refractivity (Wildman–Crippen MR) is 68.7 cm³/mol. The molecular formula is C14H17NO4. The van der Waals surface area contributed by atoms with Gasteiger partial charge in [-0.1, -0.05) is 29.8 Å². The molecule has 1 fully saturated rings. The highest BCUT2D eigenvalue weighted by molar-refractivity contribution is 5.72. The molecular weight excluding hydrogens is 246 g/mol. The van der Waals surface area contributed by atoms with Gasteiger partial charge in [0.05, 0.1) is 13.0 Å². The van der Waals surface area contributed by atoms with E-state index in [4.69, 9.17) is 9.84 Å². The lowest BCUT2D eigenvalue weighted by atomic mass is 10.1. The molecule has 1 unspecified atom stereocenters. The molecule has 5 heteroatoms. The molecule has 1 N–H and O–H groups in total. The number of aryl methyl sites for hydroxylation is 1. The predicted octanol–water partition coefficient (Wildman–Crippen LogP) is 2.18. The lowest BCUT2D eigenvalue weighted by Crippen LogP contribution is -2.46. The molecule has 1 aliphatic heterocycles. The Bertz CT molecular complexity index is 469. The number of benzene rings is 1. The third-order valence-electron chi connectivity index (χ3n) is 3.24. The van der Waals surface area contributed by atoms with Crippen molar-refractivity contribution in [3.8, 4) is 0 Å². The number of carbonyl (C=O) groups is 2. The number of hydrogen-bond donors (Lipinski definition) is 1. The first-order chi connectivity index (χ1) is 9.06. The van der Waals surface area contributed by atoms with Crippen LogP contribution in [0.5, 0.6) is 0 Å². The highest BCUT2D eigenvalue weighted by atomic mass is 16.6. The lowest BCUT2D eigenvalue weighted by Gasteiger charge is -2.34. The number of hydrogen-bond acceptors (Lipinski definition) is 3. The Balaban J connectivity index is 2.10. The van der Waals surface area contributed by atoms with Crippen LogP contribution in [0.25, 0.3) is 0 Å². The van der Waals surface area contributed by atoms with Crippen molar-refractivity contribution in [3.63, 3.8) is 0 Å². The van der Waals surface area contributed by atoms with Crippen molar-refractivity contribution in [1.82, 2.24) is 4.90 Å². The minimum atomic E-state index is -0.895. The van der Waals surface area contributed by atoms with E-state index in [-0.39, 0.29) is 12.5 Å². The van der Waals surface area contributed by atoms with E-state index in [2.05, 4.69) is 0 Å². The van der Waals surface area contributed by atoms with Crippen LogP contribution in [0.2, 0.25) is 0 Å². The van der Waals surface area contributed by atoms with Crippen molar-refractivity contribution < 1.29 is 19.4 Å². The van der Waals surface area contributed by atoms with Gasteiger partial charge < -0.3 is 14.7 Å². The van der Waals surface area contributed by atoms with E-state index in [1.54, 1.807) is 0 Å². The monoisotopic (exact) mass is 263 g/mol. The SMILES string of the molecule is Cc1ccc(CN2C(=O)OCCC2CC(=O)O)cc1. The van der Waals surface area contributed by atoms with Crippen molar-refractivity contribution in [2.24, 2.45) is 0 Å². The second-order valence-electron chi connectivity index (χ2n) is 4.77. The number of aliphatic carboxylic acids is 1. The van der Waals surface area contributed by atoms with E-state index >= 15 is 0 Å².